The van der Waals surface area contributed by atoms with E-state index in [1.165, 1.54) is 19.3 Å². The molecule has 0 aliphatic carbocycles. The van der Waals surface area contributed by atoms with Crippen molar-refractivity contribution in [2.45, 2.75) is 64.8 Å². The van der Waals surface area contributed by atoms with Crippen LogP contribution in [0.5, 0.6) is 5.75 Å². The highest BCUT2D eigenvalue weighted by Crippen LogP contribution is 2.39. The van der Waals surface area contributed by atoms with E-state index in [0.717, 1.165) is 50.2 Å². The third kappa shape index (κ3) is 6.77. The molecule has 5 rings (SSSR count). The van der Waals surface area contributed by atoms with Crippen LogP contribution >= 0.6 is 0 Å². The number of ether oxygens (including phenoxy) is 1. The number of para-hydroxylation sites is 1. The van der Waals surface area contributed by atoms with Crippen molar-refractivity contribution in [1.82, 2.24) is 20.0 Å². The number of hydrogen-bond acceptors (Lipinski definition) is 6. The second kappa shape index (κ2) is 13.1. The number of carbonyl (C=O) groups excluding carboxylic acids is 3. The lowest BCUT2D eigenvalue weighted by atomic mass is 9.73. The standard InChI is InChI=1S/C32H44N4O5/c1-24-22-25(23-35-16-8-3-9-17-35)41-28(24)30(38)36-18-13-32(14-19-36)12-6-7-15-33-29(37)26-10-4-5-11-27(26)40-21-20-34(2)31(32)39/h4-5,10-11,22H,3,6-9,12-21,23H2,1-2H3,(H,33,37). The van der Waals surface area contributed by atoms with Crippen molar-refractivity contribution in [2.24, 2.45) is 5.41 Å². The summed E-state index contributed by atoms with van der Waals surface area (Å²) in [5, 5.41) is 3.00. The third-order valence-electron chi connectivity index (χ3n) is 8.98. The highest BCUT2D eigenvalue weighted by atomic mass is 16.5. The van der Waals surface area contributed by atoms with Gasteiger partial charge >= 0.3 is 0 Å². The minimum Gasteiger partial charge on any atom is -0.491 e. The Balaban J connectivity index is 1.23. The second-order valence-electron chi connectivity index (χ2n) is 11.9. The topological polar surface area (TPSA) is 95.3 Å². The molecule has 0 atom stereocenters. The van der Waals surface area contributed by atoms with Crippen molar-refractivity contribution in [3.8, 4) is 5.75 Å². The first kappa shape index (κ1) is 29.2. The van der Waals surface area contributed by atoms with Crippen LogP contribution in [-0.2, 0) is 11.3 Å². The number of nitrogens with one attached hydrogen (secondary N) is 1. The average molecular weight is 565 g/mol. The quantitative estimate of drug-likeness (QED) is 0.599. The van der Waals surface area contributed by atoms with Crippen LogP contribution in [-0.4, -0.2) is 85.3 Å². The van der Waals surface area contributed by atoms with Gasteiger partial charge in [0.1, 0.15) is 18.1 Å². The third-order valence-corrected chi connectivity index (χ3v) is 8.98. The minimum atomic E-state index is -0.533. The maximum atomic E-state index is 13.9. The lowest BCUT2D eigenvalue weighted by Gasteiger charge is -2.42. The maximum absolute atomic E-state index is 13.9. The number of nitrogens with zero attached hydrogens (tertiary/aromatic N) is 3. The predicted octanol–water partition coefficient (Wildman–Crippen LogP) is 4.25. The summed E-state index contributed by atoms with van der Waals surface area (Å²) < 4.78 is 12.0. The number of piperidine rings is 2. The van der Waals surface area contributed by atoms with Gasteiger partial charge < -0.3 is 24.3 Å². The van der Waals surface area contributed by atoms with Crippen LogP contribution in [0.25, 0.3) is 0 Å². The number of rotatable bonds is 3. The number of furan rings is 1. The van der Waals surface area contributed by atoms with E-state index < -0.39 is 5.41 Å². The van der Waals surface area contributed by atoms with Gasteiger partial charge in [-0.15, -0.1) is 0 Å². The summed E-state index contributed by atoms with van der Waals surface area (Å²) in [6, 6.07) is 9.21. The molecule has 2 fully saturated rings. The summed E-state index contributed by atoms with van der Waals surface area (Å²) in [7, 11) is 1.82. The first-order valence-electron chi connectivity index (χ1n) is 15.2. The van der Waals surface area contributed by atoms with E-state index >= 15 is 0 Å². The molecule has 222 valence electrons. The fourth-order valence-corrected chi connectivity index (χ4v) is 6.49. The van der Waals surface area contributed by atoms with Crippen molar-refractivity contribution in [3.05, 3.63) is 53.0 Å². The number of likely N-dealkylation sites (tertiary alicyclic amines) is 2. The molecule has 4 heterocycles. The normalized spacial score (nSPS) is 21.1. The monoisotopic (exact) mass is 564 g/mol. The lowest BCUT2D eigenvalue weighted by molar-refractivity contribution is -0.144. The van der Waals surface area contributed by atoms with Gasteiger partial charge in [-0.2, -0.15) is 0 Å². The van der Waals surface area contributed by atoms with Crippen molar-refractivity contribution in [2.75, 3.05) is 52.9 Å². The van der Waals surface area contributed by atoms with Crippen LogP contribution in [0.4, 0.5) is 0 Å². The smallest absolute Gasteiger partial charge is 0.289 e. The van der Waals surface area contributed by atoms with Crippen molar-refractivity contribution >= 4 is 17.7 Å². The van der Waals surface area contributed by atoms with Crippen LogP contribution < -0.4 is 10.1 Å². The van der Waals surface area contributed by atoms with Crippen LogP contribution in [0.15, 0.2) is 34.7 Å². The Morgan fingerprint density at radius 1 is 0.951 bits per heavy atom. The van der Waals surface area contributed by atoms with E-state index in [2.05, 4.69) is 10.2 Å². The van der Waals surface area contributed by atoms with Gasteiger partial charge in [0, 0.05) is 32.2 Å². The van der Waals surface area contributed by atoms with Gasteiger partial charge in [-0.25, -0.2) is 0 Å². The Labute approximate surface area is 243 Å². The summed E-state index contributed by atoms with van der Waals surface area (Å²) in [6.45, 7) is 7.12. The molecule has 0 radical (unpaired) electrons. The van der Waals surface area contributed by atoms with Gasteiger partial charge in [-0.3, -0.25) is 19.3 Å². The van der Waals surface area contributed by atoms with E-state index in [4.69, 9.17) is 9.15 Å². The molecule has 2 aromatic rings. The summed E-state index contributed by atoms with van der Waals surface area (Å²) in [4.78, 5) is 46.1. The van der Waals surface area contributed by atoms with Crippen molar-refractivity contribution < 1.29 is 23.5 Å². The van der Waals surface area contributed by atoms with Gasteiger partial charge in [0.05, 0.1) is 24.1 Å². The molecule has 1 aromatic carbocycles. The summed E-state index contributed by atoms with van der Waals surface area (Å²) in [5.74, 6) is 1.68. The fourth-order valence-electron chi connectivity index (χ4n) is 6.49. The van der Waals surface area contributed by atoms with Gasteiger partial charge in [-0.1, -0.05) is 25.0 Å². The maximum Gasteiger partial charge on any atom is 0.289 e. The fraction of sp³-hybridized carbons (Fsp3) is 0.594. The average Bonchev–Trinajstić information content (AvgIpc) is 3.36. The molecule has 0 unspecified atom stereocenters. The number of hydrogen-bond donors (Lipinski definition) is 1. The van der Waals surface area contributed by atoms with Gasteiger partial charge in [-0.05, 0) is 76.7 Å². The van der Waals surface area contributed by atoms with E-state index in [1.54, 1.807) is 17.0 Å². The molecule has 1 N–H and O–H groups in total. The van der Waals surface area contributed by atoms with E-state index in [1.807, 2.05) is 37.1 Å². The summed E-state index contributed by atoms with van der Waals surface area (Å²) in [5.41, 5.74) is 0.854. The summed E-state index contributed by atoms with van der Waals surface area (Å²) in [6.07, 6.45) is 7.26. The Morgan fingerprint density at radius 2 is 1.71 bits per heavy atom. The molecule has 1 spiro atoms. The zero-order valence-electron chi connectivity index (χ0n) is 24.6. The Hall–Kier alpha value is -3.33. The molecule has 0 saturated carbocycles. The number of likely N-dealkylation sites (N-methyl/N-ethyl adjacent to an activating group) is 1. The number of aryl methyl sites for hydroxylation is 1. The number of benzene rings is 1. The minimum absolute atomic E-state index is 0.0845. The van der Waals surface area contributed by atoms with Gasteiger partial charge in [0.15, 0.2) is 5.76 Å². The van der Waals surface area contributed by atoms with Crippen LogP contribution in [0.1, 0.15) is 83.6 Å². The number of amides is 3. The molecule has 3 amide bonds. The van der Waals surface area contributed by atoms with E-state index in [-0.39, 0.29) is 17.7 Å². The van der Waals surface area contributed by atoms with Gasteiger partial charge in [0.2, 0.25) is 5.91 Å². The van der Waals surface area contributed by atoms with Crippen LogP contribution in [0.2, 0.25) is 0 Å². The molecule has 9 heteroatoms. The molecule has 9 nitrogen and oxygen atoms in total. The number of fused-ring (bicyclic) bond motifs is 1. The molecule has 41 heavy (non-hydrogen) atoms. The molecular weight excluding hydrogens is 520 g/mol. The van der Waals surface area contributed by atoms with E-state index in [9.17, 15) is 14.4 Å². The lowest BCUT2D eigenvalue weighted by Crippen LogP contribution is -2.51. The molecule has 2 saturated heterocycles. The Morgan fingerprint density at radius 3 is 2.49 bits per heavy atom. The highest BCUT2D eigenvalue weighted by molar-refractivity contribution is 5.97. The largest absolute Gasteiger partial charge is 0.491 e. The first-order chi connectivity index (χ1) is 19.9. The predicted molar refractivity (Wildman–Crippen MR) is 156 cm³/mol. The molecular formula is C32H44N4O5. The zero-order valence-corrected chi connectivity index (χ0v) is 24.6. The molecule has 1 aromatic heterocycles. The van der Waals surface area contributed by atoms with Crippen molar-refractivity contribution in [1.29, 1.82) is 0 Å². The SMILES string of the molecule is Cc1cc(CN2CCCCC2)oc1C(=O)N1CCC2(CCCCNC(=O)c3ccccc3OCCN(C)C2=O)CC1. The molecule has 3 aliphatic rings. The summed E-state index contributed by atoms with van der Waals surface area (Å²) >= 11 is 0. The molecule has 3 aliphatic heterocycles. The molecule has 0 bridgehead atoms. The van der Waals surface area contributed by atoms with E-state index in [0.29, 0.717) is 62.7 Å². The first-order valence-corrected chi connectivity index (χ1v) is 15.2. The number of carbonyl (C=O) groups is 3. The van der Waals surface area contributed by atoms with Gasteiger partial charge in [0.25, 0.3) is 11.8 Å². The Bertz CT molecular complexity index is 1230. The van der Waals surface area contributed by atoms with Crippen LogP contribution in [0, 0.1) is 12.3 Å². The highest BCUT2D eigenvalue weighted by Gasteiger charge is 2.43. The Kier molecular flexibility index (Phi) is 9.32. The second-order valence-corrected chi connectivity index (χ2v) is 11.9. The van der Waals surface area contributed by atoms with Crippen molar-refractivity contribution in [3.63, 3.8) is 0 Å². The zero-order chi connectivity index (χ0) is 28.8. The van der Waals surface area contributed by atoms with Crippen LogP contribution in [0.3, 0.4) is 0 Å².